The SMILES string of the molecule is Cc1cc(-c2ccnc(Nc3cnn(CCO)c3)n2)ccc1CN1C=CSC1C(C)(C)C. The highest BCUT2D eigenvalue weighted by Gasteiger charge is 2.31. The van der Waals surface area contributed by atoms with Gasteiger partial charge in [0.25, 0.3) is 0 Å². The molecule has 3 heterocycles. The van der Waals surface area contributed by atoms with Gasteiger partial charge < -0.3 is 15.3 Å². The molecule has 0 saturated heterocycles. The van der Waals surface area contributed by atoms with E-state index in [0.29, 0.717) is 17.9 Å². The fourth-order valence-corrected chi connectivity index (χ4v) is 4.86. The van der Waals surface area contributed by atoms with Gasteiger partial charge in [0.05, 0.1) is 36.1 Å². The molecule has 0 radical (unpaired) electrons. The van der Waals surface area contributed by atoms with Gasteiger partial charge in [-0.3, -0.25) is 4.68 Å². The van der Waals surface area contributed by atoms with Crippen molar-refractivity contribution in [3.63, 3.8) is 0 Å². The van der Waals surface area contributed by atoms with Crippen LogP contribution in [0.4, 0.5) is 11.6 Å². The van der Waals surface area contributed by atoms with E-state index in [2.05, 4.69) is 82.8 Å². The molecule has 8 heteroatoms. The maximum absolute atomic E-state index is 9.04. The zero-order chi connectivity index (χ0) is 22.7. The number of nitrogens with one attached hydrogen (secondary N) is 1. The third kappa shape index (κ3) is 5.14. The highest BCUT2D eigenvalue weighted by atomic mass is 32.2. The Hall–Kier alpha value is -2.84. The molecule has 0 fully saturated rings. The molecule has 0 bridgehead atoms. The molecule has 32 heavy (non-hydrogen) atoms. The van der Waals surface area contributed by atoms with Gasteiger partial charge in [-0.1, -0.05) is 32.9 Å². The predicted octanol–water partition coefficient (Wildman–Crippen LogP) is 4.78. The van der Waals surface area contributed by atoms with Crippen LogP contribution < -0.4 is 5.32 Å². The number of hydrogen-bond acceptors (Lipinski definition) is 7. The molecule has 0 amide bonds. The van der Waals surface area contributed by atoms with Crippen LogP contribution >= 0.6 is 11.8 Å². The second-order valence-corrected chi connectivity index (χ2v) is 10.1. The molecular formula is C24H30N6OS. The first-order valence-electron chi connectivity index (χ1n) is 10.7. The Labute approximate surface area is 193 Å². The van der Waals surface area contributed by atoms with Gasteiger partial charge in [0.15, 0.2) is 0 Å². The lowest BCUT2D eigenvalue weighted by molar-refractivity contribution is 0.220. The summed E-state index contributed by atoms with van der Waals surface area (Å²) in [6, 6.07) is 8.45. The minimum absolute atomic E-state index is 0.0478. The first kappa shape index (κ1) is 22.4. The van der Waals surface area contributed by atoms with Crippen molar-refractivity contribution in [3.8, 4) is 11.3 Å². The maximum Gasteiger partial charge on any atom is 0.227 e. The van der Waals surface area contributed by atoms with Crippen LogP contribution in [-0.2, 0) is 13.1 Å². The molecule has 2 aromatic heterocycles. The Morgan fingerprint density at radius 3 is 2.81 bits per heavy atom. The summed E-state index contributed by atoms with van der Waals surface area (Å²) in [6.07, 6.45) is 7.48. The molecule has 168 valence electrons. The first-order chi connectivity index (χ1) is 15.3. The van der Waals surface area contributed by atoms with Gasteiger partial charge in [-0.2, -0.15) is 5.10 Å². The molecule has 0 saturated carbocycles. The van der Waals surface area contributed by atoms with Crippen molar-refractivity contribution in [1.82, 2.24) is 24.6 Å². The summed E-state index contributed by atoms with van der Waals surface area (Å²) in [5.41, 5.74) is 5.49. The van der Waals surface area contributed by atoms with Crippen molar-refractivity contribution in [2.24, 2.45) is 5.41 Å². The molecule has 7 nitrogen and oxygen atoms in total. The van der Waals surface area contributed by atoms with Gasteiger partial charge in [0, 0.05) is 30.7 Å². The number of nitrogens with zero attached hydrogens (tertiary/aromatic N) is 5. The fraction of sp³-hybridized carbons (Fsp3) is 0.375. The topological polar surface area (TPSA) is 79.1 Å². The minimum atomic E-state index is 0.0478. The second kappa shape index (κ2) is 9.34. The van der Waals surface area contributed by atoms with Gasteiger partial charge in [-0.05, 0) is 41.0 Å². The minimum Gasteiger partial charge on any atom is -0.394 e. The predicted molar refractivity (Wildman–Crippen MR) is 130 cm³/mol. The van der Waals surface area contributed by atoms with Crippen molar-refractivity contribution in [2.75, 3.05) is 11.9 Å². The largest absolute Gasteiger partial charge is 0.394 e. The lowest BCUT2D eigenvalue weighted by Gasteiger charge is -2.35. The third-order valence-electron chi connectivity index (χ3n) is 5.37. The highest BCUT2D eigenvalue weighted by Crippen LogP contribution is 2.39. The van der Waals surface area contributed by atoms with Gasteiger partial charge >= 0.3 is 0 Å². The lowest BCUT2D eigenvalue weighted by Crippen LogP contribution is -2.35. The first-order valence-corrected chi connectivity index (χ1v) is 11.7. The van der Waals surface area contributed by atoms with E-state index in [1.807, 2.05) is 24.0 Å². The molecule has 1 aliphatic heterocycles. The summed E-state index contributed by atoms with van der Waals surface area (Å²) in [5, 5.41) is 19.1. The number of aliphatic hydroxyl groups excluding tert-OH is 1. The van der Waals surface area contributed by atoms with Crippen LogP contribution in [0.5, 0.6) is 0 Å². The van der Waals surface area contributed by atoms with Crippen molar-refractivity contribution < 1.29 is 5.11 Å². The van der Waals surface area contributed by atoms with Crippen LogP contribution in [-0.4, -0.2) is 41.7 Å². The maximum atomic E-state index is 9.04. The second-order valence-electron chi connectivity index (χ2n) is 9.06. The van der Waals surface area contributed by atoms with E-state index in [4.69, 9.17) is 5.11 Å². The van der Waals surface area contributed by atoms with E-state index in [9.17, 15) is 0 Å². The van der Waals surface area contributed by atoms with Crippen LogP contribution in [0.1, 0.15) is 31.9 Å². The Balaban J connectivity index is 1.49. The molecule has 1 unspecified atom stereocenters. The summed E-state index contributed by atoms with van der Waals surface area (Å²) >= 11 is 1.89. The third-order valence-corrected chi connectivity index (χ3v) is 6.88. The van der Waals surface area contributed by atoms with Crippen molar-refractivity contribution in [3.05, 3.63) is 65.6 Å². The highest BCUT2D eigenvalue weighted by molar-refractivity contribution is 8.02. The molecule has 1 atom stereocenters. The van der Waals surface area contributed by atoms with Crippen LogP contribution in [0.3, 0.4) is 0 Å². The molecular weight excluding hydrogens is 420 g/mol. The monoisotopic (exact) mass is 450 g/mol. The molecule has 2 N–H and O–H groups in total. The van der Waals surface area contributed by atoms with E-state index < -0.39 is 0 Å². The molecule has 0 spiro atoms. The quantitative estimate of drug-likeness (QED) is 0.536. The number of aryl methyl sites for hydroxylation is 1. The van der Waals surface area contributed by atoms with Crippen LogP contribution in [0.25, 0.3) is 11.3 Å². The van der Waals surface area contributed by atoms with Crippen molar-refractivity contribution in [2.45, 2.75) is 46.2 Å². The van der Waals surface area contributed by atoms with Gasteiger partial charge in [0.2, 0.25) is 5.95 Å². The Morgan fingerprint density at radius 1 is 1.22 bits per heavy atom. The van der Waals surface area contributed by atoms with Gasteiger partial charge in [-0.15, -0.1) is 11.8 Å². The number of hydrogen-bond donors (Lipinski definition) is 2. The summed E-state index contributed by atoms with van der Waals surface area (Å²) in [7, 11) is 0. The fourth-order valence-electron chi connectivity index (χ4n) is 3.77. The zero-order valence-corrected chi connectivity index (χ0v) is 19.8. The summed E-state index contributed by atoms with van der Waals surface area (Å²) in [6.45, 7) is 10.4. The van der Waals surface area contributed by atoms with E-state index >= 15 is 0 Å². The van der Waals surface area contributed by atoms with E-state index in [-0.39, 0.29) is 12.0 Å². The van der Waals surface area contributed by atoms with Gasteiger partial charge in [-0.25, -0.2) is 9.97 Å². The molecule has 4 rings (SSSR count). The lowest BCUT2D eigenvalue weighted by atomic mass is 9.95. The molecule has 1 aromatic carbocycles. The van der Waals surface area contributed by atoms with Crippen molar-refractivity contribution >= 4 is 23.4 Å². The average Bonchev–Trinajstić information content (AvgIpc) is 3.39. The normalized spacial score (nSPS) is 16.0. The molecule has 0 aliphatic carbocycles. The Bertz CT molecular complexity index is 1100. The summed E-state index contributed by atoms with van der Waals surface area (Å²) < 4.78 is 1.67. The number of aromatic nitrogens is 4. The van der Waals surface area contributed by atoms with Crippen LogP contribution in [0.2, 0.25) is 0 Å². The number of aliphatic hydroxyl groups is 1. The van der Waals surface area contributed by atoms with Crippen molar-refractivity contribution in [1.29, 1.82) is 0 Å². The van der Waals surface area contributed by atoms with E-state index in [1.54, 1.807) is 17.1 Å². The number of anilines is 2. The van der Waals surface area contributed by atoms with E-state index in [0.717, 1.165) is 23.5 Å². The van der Waals surface area contributed by atoms with Crippen LogP contribution in [0, 0.1) is 12.3 Å². The average molecular weight is 451 g/mol. The molecule has 1 aliphatic rings. The van der Waals surface area contributed by atoms with E-state index in [1.165, 1.54) is 11.1 Å². The summed E-state index contributed by atoms with van der Waals surface area (Å²) in [4.78, 5) is 11.4. The van der Waals surface area contributed by atoms with Crippen LogP contribution in [0.15, 0.2) is 54.5 Å². The van der Waals surface area contributed by atoms with Gasteiger partial charge in [0.1, 0.15) is 0 Å². The molecule has 3 aromatic rings. The summed E-state index contributed by atoms with van der Waals surface area (Å²) in [5.74, 6) is 0.514. The Kier molecular flexibility index (Phi) is 6.53. The standard InChI is InChI=1S/C24H30N6OS/c1-17-13-18(5-6-19(17)15-29-10-12-32-22(29)24(2,3)4)21-7-8-25-23(28-21)27-20-14-26-30(16-20)9-11-31/h5-8,10,12-14,16,22,31H,9,11,15H2,1-4H3,(H,25,27,28). The zero-order valence-electron chi connectivity index (χ0n) is 19.0. The number of rotatable bonds is 7. The Morgan fingerprint density at radius 2 is 2.06 bits per heavy atom. The number of thioether (sulfide) groups is 1. The smallest absolute Gasteiger partial charge is 0.227 e. The number of benzene rings is 1.